The molecule has 1 aliphatic rings. The molecule has 0 atom stereocenters. The molecule has 0 spiro atoms. The molecule has 8 heteroatoms. The highest BCUT2D eigenvalue weighted by molar-refractivity contribution is 14.0. The van der Waals surface area contributed by atoms with E-state index < -0.39 is 0 Å². The van der Waals surface area contributed by atoms with Crippen LogP contribution in [0.5, 0.6) is 0 Å². The fourth-order valence-electron chi connectivity index (χ4n) is 2.09. The standard InChI is InChI=1S/C13H20N6S.HI/c1-4-6-15-12(14-3)18-7-9-19(10-8-18)13-16-11(5-2)17-20-13;/h1H,5-10H2,2-3H3,(H,14,15);1H. The predicted molar refractivity (Wildman–Crippen MR) is 98.7 cm³/mol. The lowest BCUT2D eigenvalue weighted by Crippen LogP contribution is -2.52. The Morgan fingerprint density at radius 2 is 2.14 bits per heavy atom. The Balaban J connectivity index is 0.00000220. The molecular formula is C13H21IN6S. The van der Waals surface area contributed by atoms with E-state index in [1.54, 1.807) is 7.05 Å². The number of halogens is 1. The van der Waals surface area contributed by atoms with Crippen LogP contribution >= 0.6 is 35.5 Å². The molecule has 21 heavy (non-hydrogen) atoms. The van der Waals surface area contributed by atoms with E-state index in [4.69, 9.17) is 6.42 Å². The summed E-state index contributed by atoms with van der Waals surface area (Å²) in [6, 6.07) is 0. The van der Waals surface area contributed by atoms with Crippen molar-refractivity contribution in [3.8, 4) is 12.3 Å². The first-order valence-corrected chi connectivity index (χ1v) is 7.52. The molecule has 1 N–H and O–H groups in total. The number of piperazine rings is 1. The largest absolute Gasteiger partial charge is 0.345 e. The van der Waals surface area contributed by atoms with Crippen molar-refractivity contribution in [3.63, 3.8) is 0 Å². The smallest absolute Gasteiger partial charge is 0.205 e. The number of nitrogens with zero attached hydrogens (tertiary/aromatic N) is 5. The zero-order valence-corrected chi connectivity index (χ0v) is 15.5. The Bertz CT molecular complexity index is 501. The van der Waals surface area contributed by atoms with E-state index in [9.17, 15) is 0 Å². The summed E-state index contributed by atoms with van der Waals surface area (Å²) in [4.78, 5) is 13.3. The van der Waals surface area contributed by atoms with Crippen LogP contribution in [-0.4, -0.2) is 60.0 Å². The number of aromatic nitrogens is 2. The molecule has 0 aliphatic carbocycles. The van der Waals surface area contributed by atoms with E-state index >= 15 is 0 Å². The van der Waals surface area contributed by atoms with Gasteiger partial charge in [0.15, 0.2) is 5.96 Å². The molecule has 1 aromatic rings. The van der Waals surface area contributed by atoms with Gasteiger partial charge in [-0.3, -0.25) is 4.99 Å². The molecule has 1 aromatic heterocycles. The van der Waals surface area contributed by atoms with Gasteiger partial charge in [0.1, 0.15) is 5.82 Å². The van der Waals surface area contributed by atoms with Gasteiger partial charge in [-0.05, 0) is 0 Å². The summed E-state index contributed by atoms with van der Waals surface area (Å²) in [5.41, 5.74) is 0. The topological polar surface area (TPSA) is 56.7 Å². The van der Waals surface area contributed by atoms with Crippen molar-refractivity contribution in [2.45, 2.75) is 13.3 Å². The highest BCUT2D eigenvalue weighted by Crippen LogP contribution is 2.19. The molecule has 116 valence electrons. The van der Waals surface area contributed by atoms with Gasteiger partial charge in [-0.2, -0.15) is 4.37 Å². The first-order chi connectivity index (χ1) is 9.78. The van der Waals surface area contributed by atoms with E-state index in [1.807, 2.05) is 0 Å². The Kier molecular flexibility index (Phi) is 7.74. The van der Waals surface area contributed by atoms with Crippen LogP contribution in [0.25, 0.3) is 0 Å². The van der Waals surface area contributed by atoms with E-state index in [0.717, 1.165) is 49.5 Å². The van der Waals surface area contributed by atoms with E-state index in [-0.39, 0.29) is 24.0 Å². The lowest BCUT2D eigenvalue weighted by atomic mass is 10.3. The number of rotatable bonds is 3. The van der Waals surface area contributed by atoms with Crippen molar-refractivity contribution in [2.75, 3.05) is 44.7 Å². The van der Waals surface area contributed by atoms with Gasteiger partial charge in [0.25, 0.3) is 0 Å². The van der Waals surface area contributed by atoms with Gasteiger partial charge < -0.3 is 15.1 Å². The fourth-order valence-corrected chi connectivity index (χ4v) is 2.89. The average molecular weight is 420 g/mol. The first kappa shape index (κ1) is 18.0. The van der Waals surface area contributed by atoms with Crippen molar-refractivity contribution >= 4 is 46.6 Å². The van der Waals surface area contributed by atoms with Crippen LogP contribution < -0.4 is 10.2 Å². The molecule has 0 unspecified atom stereocenters. The Morgan fingerprint density at radius 3 is 2.67 bits per heavy atom. The summed E-state index contributed by atoms with van der Waals surface area (Å²) in [5.74, 6) is 4.37. The highest BCUT2D eigenvalue weighted by atomic mass is 127. The van der Waals surface area contributed by atoms with Crippen LogP contribution in [-0.2, 0) is 6.42 Å². The number of terminal acetylenes is 1. The van der Waals surface area contributed by atoms with Crippen molar-refractivity contribution < 1.29 is 0 Å². The number of hydrogen-bond donors (Lipinski definition) is 1. The van der Waals surface area contributed by atoms with Gasteiger partial charge in [0, 0.05) is 51.2 Å². The zero-order chi connectivity index (χ0) is 14.4. The van der Waals surface area contributed by atoms with E-state index in [2.05, 4.69) is 42.3 Å². The van der Waals surface area contributed by atoms with Gasteiger partial charge in [0.05, 0.1) is 6.54 Å². The zero-order valence-electron chi connectivity index (χ0n) is 12.4. The minimum Gasteiger partial charge on any atom is -0.345 e. The molecule has 1 fully saturated rings. The molecule has 2 heterocycles. The number of nitrogens with one attached hydrogen (secondary N) is 1. The van der Waals surface area contributed by atoms with Crippen molar-refractivity contribution in [1.82, 2.24) is 19.6 Å². The second kappa shape index (κ2) is 9.04. The molecule has 2 rings (SSSR count). The van der Waals surface area contributed by atoms with Crippen LogP contribution in [0.1, 0.15) is 12.7 Å². The molecule has 0 saturated carbocycles. The second-order valence-corrected chi connectivity index (χ2v) is 5.16. The second-order valence-electron chi connectivity index (χ2n) is 4.43. The van der Waals surface area contributed by atoms with Gasteiger partial charge in [-0.15, -0.1) is 30.4 Å². The third kappa shape index (κ3) is 4.71. The molecule has 1 saturated heterocycles. The molecule has 0 radical (unpaired) electrons. The number of aliphatic imine (C=N–C) groups is 1. The summed E-state index contributed by atoms with van der Waals surface area (Å²) in [5, 5.41) is 4.17. The van der Waals surface area contributed by atoms with E-state index in [0.29, 0.717) is 6.54 Å². The lowest BCUT2D eigenvalue weighted by Gasteiger charge is -2.36. The Morgan fingerprint density at radius 1 is 1.43 bits per heavy atom. The molecule has 6 nitrogen and oxygen atoms in total. The SMILES string of the molecule is C#CCNC(=NC)N1CCN(c2nc(CC)ns2)CC1.I. The van der Waals surface area contributed by atoms with Crippen LogP contribution in [0.4, 0.5) is 5.13 Å². The number of hydrogen-bond acceptors (Lipinski definition) is 5. The first-order valence-electron chi connectivity index (χ1n) is 6.75. The van der Waals surface area contributed by atoms with Gasteiger partial charge in [-0.1, -0.05) is 12.8 Å². The average Bonchev–Trinajstić information content (AvgIpc) is 2.97. The lowest BCUT2D eigenvalue weighted by molar-refractivity contribution is 0.374. The number of anilines is 1. The molecule has 0 bridgehead atoms. The highest BCUT2D eigenvalue weighted by Gasteiger charge is 2.21. The summed E-state index contributed by atoms with van der Waals surface area (Å²) in [6.45, 7) is 6.24. The Hall–Kier alpha value is -1.08. The fraction of sp³-hybridized carbons (Fsp3) is 0.615. The number of guanidine groups is 1. The molecule has 1 aliphatic heterocycles. The summed E-state index contributed by atoms with van der Waals surface area (Å²) < 4.78 is 4.34. The molecule has 0 aromatic carbocycles. The summed E-state index contributed by atoms with van der Waals surface area (Å²) >= 11 is 1.48. The van der Waals surface area contributed by atoms with Crippen molar-refractivity contribution in [2.24, 2.45) is 4.99 Å². The normalized spacial score (nSPS) is 15.4. The number of aryl methyl sites for hydroxylation is 1. The minimum absolute atomic E-state index is 0. The third-order valence-electron chi connectivity index (χ3n) is 3.18. The quantitative estimate of drug-likeness (QED) is 0.343. The third-order valence-corrected chi connectivity index (χ3v) is 4.00. The van der Waals surface area contributed by atoms with Crippen molar-refractivity contribution in [3.05, 3.63) is 5.82 Å². The molecular weight excluding hydrogens is 399 g/mol. The summed E-state index contributed by atoms with van der Waals surface area (Å²) in [6.07, 6.45) is 6.15. The van der Waals surface area contributed by atoms with E-state index in [1.165, 1.54) is 11.5 Å². The Labute approximate surface area is 147 Å². The van der Waals surface area contributed by atoms with Gasteiger partial charge in [-0.25, -0.2) is 4.98 Å². The molecule has 0 amide bonds. The predicted octanol–water partition coefficient (Wildman–Crippen LogP) is 1.05. The monoisotopic (exact) mass is 420 g/mol. The summed E-state index contributed by atoms with van der Waals surface area (Å²) in [7, 11) is 1.78. The maximum Gasteiger partial charge on any atom is 0.205 e. The van der Waals surface area contributed by atoms with Crippen LogP contribution in [0.3, 0.4) is 0 Å². The van der Waals surface area contributed by atoms with Crippen LogP contribution in [0.2, 0.25) is 0 Å². The minimum atomic E-state index is 0. The van der Waals surface area contributed by atoms with Gasteiger partial charge >= 0.3 is 0 Å². The maximum atomic E-state index is 5.27. The van der Waals surface area contributed by atoms with Crippen LogP contribution in [0, 0.1) is 12.3 Å². The maximum absolute atomic E-state index is 5.27. The van der Waals surface area contributed by atoms with Crippen molar-refractivity contribution in [1.29, 1.82) is 0 Å². The van der Waals surface area contributed by atoms with Gasteiger partial charge in [0.2, 0.25) is 5.13 Å². The van der Waals surface area contributed by atoms with Crippen LogP contribution in [0.15, 0.2) is 4.99 Å².